The normalized spacial score (nSPS) is 15.8. The molecule has 1 saturated carbocycles. The summed E-state index contributed by atoms with van der Waals surface area (Å²) < 4.78 is 6.15. The van der Waals surface area contributed by atoms with Gasteiger partial charge in [0.25, 0.3) is 5.91 Å². The number of aromatic nitrogens is 2. The number of carbonyl (C=O) groups excluding carboxylic acids is 2. The molecule has 1 aromatic heterocycles. The Morgan fingerprint density at radius 2 is 2.00 bits per heavy atom. The van der Waals surface area contributed by atoms with Gasteiger partial charge in [0, 0.05) is 13.0 Å². The van der Waals surface area contributed by atoms with Crippen LogP contribution in [0.15, 0.2) is 0 Å². The number of nitrogens with one attached hydrogen (secondary N) is 1. The highest BCUT2D eigenvalue weighted by Gasteiger charge is 2.23. The summed E-state index contributed by atoms with van der Waals surface area (Å²) in [6, 6.07) is 0.141. The molecule has 0 radical (unpaired) electrons. The first-order valence-electron chi connectivity index (χ1n) is 6.84. The molecular weight excluding hydrogens is 317 g/mol. The number of esters is 1. The number of ether oxygens (including phenoxy) is 1. The number of halogens is 2. The van der Waals surface area contributed by atoms with E-state index in [0.717, 1.165) is 25.7 Å². The summed E-state index contributed by atoms with van der Waals surface area (Å²) in [7, 11) is 0. The summed E-state index contributed by atoms with van der Waals surface area (Å²) in [5.41, 5.74) is 0. The van der Waals surface area contributed by atoms with E-state index in [2.05, 4.69) is 10.3 Å². The van der Waals surface area contributed by atoms with Crippen molar-refractivity contribution in [1.82, 2.24) is 14.9 Å². The second-order valence-corrected chi connectivity index (χ2v) is 5.73. The third-order valence-corrected chi connectivity index (χ3v) is 4.15. The van der Waals surface area contributed by atoms with Crippen LogP contribution in [0.3, 0.4) is 0 Å². The summed E-state index contributed by atoms with van der Waals surface area (Å²) in [6.07, 6.45) is 5.32. The average molecular weight is 334 g/mol. The van der Waals surface area contributed by atoms with Crippen molar-refractivity contribution in [1.29, 1.82) is 0 Å². The number of nitrogens with zero attached hydrogens (tertiary/aromatic N) is 2. The van der Waals surface area contributed by atoms with Crippen LogP contribution < -0.4 is 5.32 Å². The third-order valence-electron chi connectivity index (χ3n) is 3.41. The molecule has 2 rings (SSSR count). The largest absolute Gasteiger partial charge is 0.444 e. The summed E-state index contributed by atoms with van der Waals surface area (Å²) in [5.74, 6) is -0.783. The number of hydrogen-bond donors (Lipinski definition) is 1. The summed E-state index contributed by atoms with van der Waals surface area (Å²) >= 11 is 11.8. The number of imidazole rings is 1. The Labute approximate surface area is 132 Å². The van der Waals surface area contributed by atoms with Crippen molar-refractivity contribution in [2.24, 2.45) is 0 Å². The quantitative estimate of drug-likeness (QED) is 0.860. The number of amides is 1. The maximum absolute atomic E-state index is 12.3. The number of hydrogen-bond acceptors (Lipinski definition) is 4. The zero-order valence-corrected chi connectivity index (χ0v) is 13.2. The van der Waals surface area contributed by atoms with Gasteiger partial charge in [0.2, 0.25) is 5.82 Å². The fourth-order valence-electron chi connectivity index (χ4n) is 2.35. The molecule has 0 bridgehead atoms. The molecule has 0 spiro atoms. The van der Waals surface area contributed by atoms with E-state index in [1.807, 2.05) is 0 Å². The van der Waals surface area contributed by atoms with Gasteiger partial charge in [0.05, 0.1) is 0 Å². The minimum absolute atomic E-state index is 0.0117. The number of rotatable bonds is 4. The van der Waals surface area contributed by atoms with E-state index in [0.29, 0.717) is 0 Å². The molecule has 0 aromatic carbocycles. The van der Waals surface area contributed by atoms with E-state index in [4.69, 9.17) is 27.9 Å². The van der Waals surface area contributed by atoms with E-state index in [-0.39, 0.29) is 34.8 Å². The lowest BCUT2D eigenvalue weighted by atomic mass is 9.95. The molecule has 1 heterocycles. The van der Waals surface area contributed by atoms with Gasteiger partial charge in [-0.2, -0.15) is 0 Å². The molecule has 21 heavy (non-hydrogen) atoms. The zero-order valence-electron chi connectivity index (χ0n) is 11.7. The number of carbonyl (C=O) groups is 2. The molecule has 116 valence electrons. The highest BCUT2D eigenvalue weighted by atomic mass is 35.5. The lowest BCUT2D eigenvalue weighted by Crippen LogP contribution is -2.37. The maximum Gasteiger partial charge on any atom is 0.304 e. The standard InChI is InChI=1S/C13H17Cl2N3O3/c1-8(19)21-7-18-11(15)10(14)17-12(18)13(20)16-9-5-3-2-4-6-9/h9H,2-7H2,1H3,(H,16,20). The molecular formula is C13H17Cl2N3O3. The van der Waals surface area contributed by atoms with Gasteiger partial charge in [-0.25, -0.2) is 4.98 Å². The van der Waals surface area contributed by atoms with Crippen LogP contribution >= 0.6 is 23.2 Å². The molecule has 1 aromatic rings. The molecule has 1 N–H and O–H groups in total. The highest BCUT2D eigenvalue weighted by Crippen LogP contribution is 2.24. The van der Waals surface area contributed by atoms with E-state index in [1.54, 1.807) is 0 Å². The van der Waals surface area contributed by atoms with Crippen molar-refractivity contribution in [3.05, 3.63) is 16.1 Å². The van der Waals surface area contributed by atoms with Crippen LogP contribution in [0.1, 0.15) is 49.6 Å². The average Bonchev–Trinajstić information content (AvgIpc) is 2.74. The Morgan fingerprint density at radius 1 is 1.33 bits per heavy atom. The predicted octanol–water partition coefficient (Wildman–Crippen LogP) is 2.77. The molecule has 1 fully saturated rings. The second kappa shape index (κ2) is 7.13. The Morgan fingerprint density at radius 3 is 2.62 bits per heavy atom. The van der Waals surface area contributed by atoms with Crippen molar-refractivity contribution in [2.75, 3.05) is 0 Å². The lowest BCUT2D eigenvalue weighted by molar-refractivity contribution is -0.144. The Bertz CT molecular complexity index is 539. The summed E-state index contributed by atoms with van der Waals surface area (Å²) in [4.78, 5) is 27.1. The van der Waals surface area contributed by atoms with Gasteiger partial charge in [-0.3, -0.25) is 14.2 Å². The van der Waals surface area contributed by atoms with Gasteiger partial charge in [0.15, 0.2) is 17.0 Å². The fourth-order valence-corrected chi connectivity index (χ4v) is 2.70. The molecule has 1 aliphatic rings. The second-order valence-electron chi connectivity index (χ2n) is 5.02. The SMILES string of the molecule is CC(=O)OCn1c(C(=O)NC2CCCCC2)nc(Cl)c1Cl. The first kappa shape index (κ1) is 16.1. The van der Waals surface area contributed by atoms with Crippen LogP contribution in [-0.2, 0) is 16.3 Å². The summed E-state index contributed by atoms with van der Waals surface area (Å²) in [5, 5.41) is 3.01. The zero-order chi connectivity index (χ0) is 15.4. The molecule has 1 aliphatic carbocycles. The van der Waals surface area contributed by atoms with Gasteiger partial charge >= 0.3 is 5.97 Å². The van der Waals surface area contributed by atoms with Crippen molar-refractivity contribution >= 4 is 35.1 Å². The smallest absolute Gasteiger partial charge is 0.304 e. The Hall–Kier alpha value is -1.27. The Kier molecular flexibility index (Phi) is 5.47. The van der Waals surface area contributed by atoms with Crippen molar-refractivity contribution in [3.8, 4) is 0 Å². The molecule has 0 unspecified atom stereocenters. The van der Waals surface area contributed by atoms with Crippen LogP contribution in [0.5, 0.6) is 0 Å². The fraction of sp³-hybridized carbons (Fsp3) is 0.615. The molecule has 0 atom stereocenters. The first-order valence-corrected chi connectivity index (χ1v) is 7.60. The van der Waals surface area contributed by atoms with Gasteiger partial charge in [-0.1, -0.05) is 42.5 Å². The molecule has 1 amide bonds. The first-order chi connectivity index (χ1) is 9.99. The van der Waals surface area contributed by atoms with E-state index in [1.165, 1.54) is 17.9 Å². The van der Waals surface area contributed by atoms with Gasteiger partial charge in [-0.15, -0.1) is 0 Å². The minimum Gasteiger partial charge on any atom is -0.444 e. The van der Waals surface area contributed by atoms with E-state index < -0.39 is 5.97 Å². The predicted molar refractivity (Wildman–Crippen MR) is 78.4 cm³/mol. The minimum atomic E-state index is -0.477. The third kappa shape index (κ3) is 4.11. The molecule has 6 nitrogen and oxygen atoms in total. The van der Waals surface area contributed by atoms with Gasteiger partial charge in [-0.05, 0) is 12.8 Å². The Balaban J connectivity index is 2.11. The van der Waals surface area contributed by atoms with Crippen LogP contribution in [-0.4, -0.2) is 27.5 Å². The van der Waals surface area contributed by atoms with Gasteiger partial charge < -0.3 is 10.1 Å². The molecule has 0 saturated heterocycles. The van der Waals surface area contributed by atoms with E-state index in [9.17, 15) is 9.59 Å². The van der Waals surface area contributed by atoms with E-state index >= 15 is 0 Å². The van der Waals surface area contributed by atoms with Gasteiger partial charge in [0.1, 0.15) is 0 Å². The van der Waals surface area contributed by atoms with Crippen LogP contribution in [0.25, 0.3) is 0 Å². The maximum atomic E-state index is 12.3. The molecule has 0 aliphatic heterocycles. The van der Waals surface area contributed by atoms with Crippen LogP contribution in [0.2, 0.25) is 10.3 Å². The lowest BCUT2D eigenvalue weighted by Gasteiger charge is -2.22. The van der Waals surface area contributed by atoms with Crippen molar-refractivity contribution in [2.45, 2.75) is 51.8 Å². The van der Waals surface area contributed by atoms with Crippen molar-refractivity contribution < 1.29 is 14.3 Å². The highest BCUT2D eigenvalue weighted by molar-refractivity contribution is 6.40. The van der Waals surface area contributed by atoms with Crippen LogP contribution in [0, 0.1) is 0 Å². The monoisotopic (exact) mass is 333 g/mol. The van der Waals surface area contributed by atoms with Crippen molar-refractivity contribution in [3.63, 3.8) is 0 Å². The molecule has 8 heteroatoms. The van der Waals surface area contributed by atoms with Crippen LogP contribution in [0.4, 0.5) is 0 Å². The summed E-state index contributed by atoms with van der Waals surface area (Å²) in [6.45, 7) is 1.08. The topological polar surface area (TPSA) is 73.2 Å².